The summed E-state index contributed by atoms with van der Waals surface area (Å²) in [6.07, 6.45) is 0. The Labute approximate surface area is 144 Å². The number of carbonyl (C=O) groups is 1. The Morgan fingerprint density at radius 1 is 1.19 bits per heavy atom. The molecule has 2 aromatic carbocycles. The normalized spacial score (nSPS) is 10.5. The number of hydrogen-bond acceptors (Lipinski definition) is 1. The molecule has 0 heterocycles. The number of carbonyl (C=O) groups excluding carboxylic acids is 1. The highest BCUT2D eigenvalue weighted by Crippen LogP contribution is 2.20. The quantitative estimate of drug-likeness (QED) is 0.660. The van der Waals surface area contributed by atoms with Gasteiger partial charge in [0.15, 0.2) is 0 Å². The van der Waals surface area contributed by atoms with Crippen molar-refractivity contribution in [3.8, 4) is 0 Å². The summed E-state index contributed by atoms with van der Waals surface area (Å²) < 4.78 is 0.912. The van der Waals surface area contributed by atoms with E-state index in [2.05, 4.69) is 54.6 Å². The summed E-state index contributed by atoms with van der Waals surface area (Å²) in [4.78, 5) is 14.3. The molecule has 0 aliphatic rings. The predicted molar refractivity (Wildman–Crippen MR) is 95.9 cm³/mol. The van der Waals surface area contributed by atoms with Gasteiger partial charge in [-0.05, 0) is 65.8 Å². The topological polar surface area (TPSA) is 20.3 Å². The van der Waals surface area contributed by atoms with E-state index >= 15 is 0 Å². The zero-order valence-corrected chi connectivity index (χ0v) is 15.2. The van der Waals surface area contributed by atoms with E-state index in [4.69, 9.17) is 11.6 Å². The van der Waals surface area contributed by atoms with E-state index < -0.39 is 0 Å². The van der Waals surface area contributed by atoms with E-state index in [1.54, 1.807) is 17.0 Å². The fraction of sp³-hybridized carbons (Fsp3) is 0.235. The van der Waals surface area contributed by atoms with Crippen LogP contribution in [0.3, 0.4) is 0 Å². The highest BCUT2D eigenvalue weighted by atomic mass is 127. The van der Waals surface area contributed by atoms with Crippen molar-refractivity contribution in [3.05, 3.63) is 67.2 Å². The minimum absolute atomic E-state index is 0.0122. The van der Waals surface area contributed by atoms with Crippen LogP contribution in [0.4, 0.5) is 0 Å². The minimum Gasteiger partial charge on any atom is -0.337 e. The summed E-state index contributed by atoms with van der Waals surface area (Å²) in [7, 11) is 1.82. The number of benzene rings is 2. The SMILES string of the molecule is Cc1ccc(CN(C)C(=O)c2cc(Cl)ccc2I)c(C)c1. The summed E-state index contributed by atoms with van der Waals surface area (Å²) in [5.74, 6) is -0.0122. The van der Waals surface area contributed by atoms with Crippen molar-refractivity contribution in [2.24, 2.45) is 0 Å². The molecular weight excluding hydrogens is 397 g/mol. The van der Waals surface area contributed by atoms with E-state index in [9.17, 15) is 4.79 Å². The number of halogens is 2. The first-order chi connectivity index (χ1) is 9.88. The summed E-state index contributed by atoms with van der Waals surface area (Å²) >= 11 is 8.16. The zero-order valence-electron chi connectivity index (χ0n) is 12.3. The monoisotopic (exact) mass is 413 g/mol. The molecule has 110 valence electrons. The number of amides is 1. The van der Waals surface area contributed by atoms with Crippen LogP contribution in [0.15, 0.2) is 36.4 Å². The smallest absolute Gasteiger partial charge is 0.255 e. The second kappa shape index (κ2) is 6.79. The highest BCUT2D eigenvalue weighted by Gasteiger charge is 2.16. The van der Waals surface area contributed by atoms with E-state index in [0.717, 1.165) is 9.13 Å². The second-order valence-electron chi connectivity index (χ2n) is 5.22. The van der Waals surface area contributed by atoms with E-state index in [0.29, 0.717) is 17.1 Å². The lowest BCUT2D eigenvalue weighted by atomic mass is 10.1. The first-order valence-corrected chi connectivity index (χ1v) is 8.11. The van der Waals surface area contributed by atoms with Crippen LogP contribution in [-0.2, 0) is 6.54 Å². The van der Waals surface area contributed by atoms with Gasteiger partial charge in [-0.1, -0.05) is 35.4 Å². The molecule has 21 heavy (non-hydrogen) atoms. The Morgan fingerprint density at radius 3 is 2.57 bits per heavy atom. The van der Waals surface area contributed by atoms with Crippen LogP contribution in [0.25, 0.3) is 0 Å². The lowest BCUT2D eigenvalue weighted by Gasteiger charge is -2.19. The maximum atomic E-state index is 12.6. The summed E-state index contributed by atoms with van der Waals surface area (Å²) in [6.45, 7) is 4.73. The lowest BCUT2D eigenvalue weighted by molar-refractivity contribution is 0.0784. The van der Waals surface area contributed by atoms with Crippen LogP contribution in [0, 0.1) is 17.4 Å². The molecule has 0 atom stereocenters. The maximum absolute atomic E-state index is 12.6. The van der Waals surface area contributed by atoms with Crippen LogP contribution < -0.4 is 0 Å². The number of rotatable bonds is 3. The average molecular weight is 414 g/mol. The van der Waals surface area contributed by atoms with Crippen LogP contribution >= 0.6 is 34.2 Å². The van der Waals surface area contributed by atoms with Crippen LogP contribution in [0.5, 0.6) is 0 Å². The Kier molecular flexibility index (Phi) is 5.27. The maximum Gasteiger partial charge on any atom is 0.255 e. The van der Waals surface area contributed by atoms with Crippen molar-refractivity contribution in [2.45, 2.75) is 20.4 Å². The van der Waals surface area contributed by atoms with Gasteiger partial charge in [-0.25, -0.2) is 0 Å². The third kappa shape index (κ3) is 3.98. The van der Waals surface area contributed by atoms with Gasteiger partial charge in [-0.3, -0.25) is 4.79 Å². The van der Waals surface area contributed by atoms with Gasteiger partial charge in [0.1, 0.15) is 0 Å². The summed E-state index contributed by atoms with van der Waals surface area (Å²) in [5.41, 5.74) is 4.24. The third-order valence-corrected chi connectivity index (χ3v) is 4.59. The van der Waals surface area contributed by atoms with Crippen molar-refractivity contribution in [2.75, 3.05) is 7.05 Å². The minimum atomic E-state index is -0.0122. The molecule has 0 aromatic heterocycles. The number of hydrogen-bond donors (Lipinski definition) is 0. The molecule has 0 radical (unpaired) electrons. The zero-order chi connectivity index (χ0) is 15.6. The molecule has 0 aliphatic carbocycles. The molecular formula is C17H17ClINO. The van der Waals surface area contributed by atoms with Crippen LogP contribution in [0.1, 0.15) is 27.0 Å². The van der Waals surface area contributed by atoms with Gasteiger partial charge < -0.3 is 4.90 Å². The fourth-order valence-corrected chi connectivity index (χ4v) is 2.96. The van der Waals surface area contributed by atoms with Gasteiger partial charge in [0, 0.05) is 22.2 Å². The average Bonchev–Trinajstić information content (AvgIpc) is 2.43. The molecule has 0 spiro atoms. The predicted octanol–water partition coefficient (Wildman–Crippen LogP) is 4.83. The molecule has 2 rings (SSSR count). The molecule has 0 unspecified atom stereocenters. The van der Waals surface area contributed by atoms with Crippen molar-refractivity contribution in [1.82, 2.24) is 4.90 Å². The van der Waals surface area contributed by atoms with Gasteiger partial charge in [0.25, 0.3) is 5.91 Å². The highest BCUT2D eigenvalue weighted by molar-refractivity contribution is 14.1. The largest absolute Gasteiger partial charge is 0.337 e. The molecule has 0 N–H and O–H groups in total. The fourth-order valence-electron chi connectivity index (χ4n) is 2.22. The van der Waals surface area contributed by atoms with Gasteiger partial charge in [0.05, 0.1) is 5.56 Å². The van der Waals surface area contributed by atoms with E-state index in [1.165, 1.54) is 11.1 Å². The van der Waals surface area contributed by atoms with Crippen LogP contribution in [-0.4, -0.2) is 17.9 Å². The Hall–Kier alpha value is -1.07. The molecule has 0 aliphatic heterocycles. The molecule has 2 aromatic rings. The first-order valence-electron chi connectivity index (χ1n) is 6.65. The van der Waals surface area contributed by atoms with Crippen molar-refractivity contribution in [1.29, 1.82) is 0 Å². The summed E-state index contributed by atoms with van der Waals surface area (Å²) in [5, 5.41) is 0.582. The molecule has 4 heteroatoms. The molecule has 1 amide bonds. The Bertz CT molecular complexity index is 684. The van der Waals surface area contributed by atoms with E-state index in [-0.39, 0.29) is 5.91 Å². The molecule has 0 saturated heterocycles. The Morgan fingerprint density at radius 2 is 1.90 bits per heavy atom. The third-order valence-electron chi connectivity index (χ3n) is 3.41. The number of aryl methyl sites for hydroxylation is 2. The van der Waals surface area contributed by atoms with Gasteiger partial charge in [0.2, 0.25) is 0 Å². The van der Waals surface area contributed by atoms with Gasteiger partial charge in [-0.15, -0.1) is 0 Å². The van der Waals surface area contributed by atoms with Gasteiger partial charge >= 0.3 is 0 Å². The molecule has 0 bridgehead atoms. The lowest BCUT2D eigenvalue weighted by Crippen LogP contribution is -2.27. The van der Waals surface area contributed by atoms with Crippen molar-refractivity contribution >= 4 is 40.1 Å². The van der Waals surface area contributed by atoms with Gasteiger partial charge in [-0.2, -0.15) is 0 Å². The molecule has 0 saturated carbocycles. The van der Waals surface area contributed by atoms with Crippen molar-refractivity contribution < 1.29 is 4.79 Å². The summed E-state index contributed by atoms with van der Waals surface area (Å²) in [6, 6.07) is 11.7. The molecule has 0 fully saturated rings. The Balaban J connectivity index is 2.21. The molecule has 2 nitrogen and oxygen atoms in total. The first kappa shape index (κ1) is 16.3. The van der Waals surface area contributed by atoms with E-state index in [1.807, 2.05) is 13.1 Å². The van der Waals surface area contributed by atoms with Crippen molar-refractivity contribution in [3.63, 3.8) is 0 Å². The second-order valence-corrected chi connectivity index (χ2v) is 6.81. The van der Waals surface area contributed by atoms with Crippen LogP contribution in [0.2, 0.25) is 5.02 Å². The standard InChI is InChI=1S/C17H17ClINO/c1-11-4-5-13(12(2)8-11)10-20(3)17(21)15-9-14(18)6-7-16(15)19/h4-9H,10H2,1-3H3. The number of nitrogens with zero attached hydrogens (tertiary/aromatic N) is 1.